The zero-order valence-electron chi connectivity index (χ0n) is 10.7. The highest BCUT2D eigenvalue weighted by molar-refractivity contribution is 9.10. The van der Waals surface area contributed by atoms with E-state index in [4.69, 9.17) is 14.3 Å². The van der Waals surface area contributed by atoms with Crippen molar-refractivity contribution in [1.29, 1.82) is 0 Å². The number of aromatic carboxylic acids is 1. The first kappa shape index (κ1) is 13.6. The van der Waals surface area contributed by atoms with Gasteiger partial charge in [0.05, 0.1) is 0 Å². The van der Waals surface area contributed by atoms with E-state index in [1.165, 1.54) is 6.07 Å². The topological polar surface area (TPSA) is 72.6 Å². The van der Waals surface area contributed by atoms with Crippen LogP contribution in [0.1, 0.15) is 16.2 Å². The van der Waals surface area contributed by atoms with Gasteiger partial charge in [-0.05, 0) is 30.3 Å². The van der Waals surface area contributed by atoms with E-state index < -0.39 is 5.97 Å². The second kappa shape index (κ2) is 5.57. The molecule has 3 rings (SSSR count). The maximum atomic E-state index is 11.2. The minimum atomic E-state index is -1.05. The lowest BCUT2D eigenvalue weighted by atomic mass is 10.2. The van der Waals surface area contributed by atoms with Crippen LogP contribution in [0.25, 0.3) is 11.1 Å². The number of halogens is 1. The normalized spacial score (nSPS) is 10.7. The van der Waals surface area contributed by atoms with Crippen molar-refractivity contribution in [1.82, 2.24) is 4.98 Å². The zero-order chi connectivity index (χ0) is 14.8. The van der Waals surface area contributed by atoms with Gasteiger partial charge in [0.2, 0.25) is 5.89 Å². The lowest BCUT2D eigenvalue weighted by Crippen LogP contribution is -2.03. The Balaban J connectivity index is 1.84. The quantitative estimate of drug-likeness (QED) is 0.775. The largest absolute Gasteiger partial charge is 0.483 e. The third kappa shape index (κ3) is 2.90. The molecule has 21 heavy (non-hydrogen) atoms. The summed E-state index contributed by atoms with van der Waals surface area (Å²) >= 11 is 3.29. The number of benzene rings is 2. The fraction of sp³-hybridized carbons (Fsp3) is 0.0667. The molecule has 0 aliphatic heterocycles. The van der Waals surface area contributed by atoms with E-state index in [-0.39, 0.29) is 17.9 Å². The Morgan fingerprint density at radius 3 is 2.86 bits per heavy atom. The van der Waals surface area contributed by atoms with E-state index >= 15 is 0 Å². The van der Waals surface area contributed by atoms with Crippen molar-refractivity contribution in [3.8, 4) is 5.75 Å². The molecule has 0 aliphatic carbocycles. The molecule has 0 spiro atoms. The molecule has 106 valence electrons. The number of carbonyl (C=O) groups is 1. The summed E-state index contributed by atoms with van der Waals surface area (Å²) in [7, 11) is 0. The fourth-order valence-corrected chi connectivity index (χ4v) is 2.25. The number of para-hydroxylation sites is 2. The zero-order valence-corrected chi connectivity index (χ0v) is 12.3. The molecule has 2 aromatic carbocycles. The summed E-state index contributed by atoms with van der Waals surface area (Å²) in [4.78, 5) is 15.4. The highest BCUT2D eigenvalue weighted by Crippen LogP contribution is 2.25. The molecule has 0 atom stereocenters. The van der Waals surface area contributed by atoms with Crippen LogP contribution in [0.3, 0.4) is 0 Å². The van der Waals surface area contributed by atoms with E-state index in [1.807, 2.05) is 24.3 Å². The lowest BCUT2D eigenvalue weighted by molar-refractivity contribution is 0.0691. The number of hydrogen-bond donors (Lipinski definition) is 1. The first-order valence-corrected chi connectivity index (χ1v) is 6.93. The van der Waals surface area contributed by atoms with Gasteiger partial charge in [-0.2, -0.15) is 0 Å². The predicted molar refractivity (Wildman–Crippen MR) is 79.4 cm³/mol. The summed E-state index contributed by atoms with van der Waals surface area (Å²) < 4.78 is 11.8. The van der Waals surface area contributed by atoms with E-state index in [0.717, 1.165) is 9.99 Å². The molecule has 5 nitrogen and oxygen atoms in total. The molecule has 0 aliphatic rings. The van der Waals surface area contributed by atoms with Gasteiger partial charge in [0.25, 0.3) is 0 Å². The van der Waals surface area contributed by atoms with Crippen LogP contribution >= 0.6 is 15.9 Å². The molecule has 3 aromatic rings. The molecule has 0 fully saturated rings. The molecule has 1 aromatic heterocycles. The number of carboxylic acids is 1. The van der Waals surface area contributed by atoms with Gasteiger partial charge in [0.15, 0.2) is 12.2 Å². The fourth-order valence-electron chi connectivity index (χ4n) is 1.91. The Bertz CT molecular complexity index is 779. The molecule has 6 heteroatoms. The molecule has 0 saturated heterocycles. The molecule has 0 bridgehead atoms. The van der Waals surface area contributed by atoms with Crippen molar-refractivity contribution >= 4 is 33.0 Å². The Labute approximate surface area is 128 Å². The number of oxazole rings is 1. The van der Waals surface area contributed by atoms with Crippen LogP contribution in [-0.4, -0.2) is 16.1 Å². The number of rotatable bonds is 4. The van der Waals surface area contributed by atoms with Gasteiger partial charge in [-0.15, -0.1) is 0 Å². The summed E-state index contributed by atoms with van der Waals surface area (Å²) in [6.45, 7) is 0.0609. The first-order valence-electron chi connectivity index (χ1n) is 6.13. The monoisotopic (exact) mass is 347 g/mol. The van der Waals surface area contributed by atoms with Gasteiger partial charge >= 0.3 is 5.97 Å². The summed E-state index contributed by atoms with van der Waals surface area (Å²) in [5.74, 6) is -0.387. The number of hydrogen-bond acceptors (Lipinski definition) is 4. The maximum Gasteiger partial charge on any atom is 0.339 e. The van der Waals surface area contributed by atoms with Gasteiger partial charge in [0.1, 0.15) is 16.8 Å². The van der Waals surface area contributed by atoms with Crippen molar-refractivity contribution in [2.45, 2.75) is 6.61 Å². The van der Waals surface area contributed by atoms with Gasteiger partial charge in [-0.25, -0.2) is 9.78 Å². The Morgan fingerprint density at radius 1 is 1.29 bits per heavy atom. The molecule has 0 amide bonds. The van der Waals surface area contributed by atoms with Crippen LogP contribution in [0.4, 0.5) is 0 Å². The highest BCUT2D eigenvalue weighted by atomic mass is 79.9. The van der Waals surface area contributed by atoms with Crippen molar-refractivity contribution in [3.63, 3.8) is 0 Å². The predicted octanol–water partition coefficient (Wildman–Crippen LogP) is 3.87. The van der Waals surface area contributed by atoms with Crippen molar-refractivity contribution in [2.75, 3.05) is 0 Å². The maximum absolute atomic E-state index is 11.2. The van der Waals surface area contributed by atoms with Crippen LogP contribution in [0.5, 0.6) is 5.75 Å². The summed E-state index contributed by atoms with van der Waals surface area (Å²) in [6.07, 6.45) is 0. The van der Waals surface area contributed by atoms with Gasteiger partial charge in [-0.3, -0.25) is 0 Å². The Kier molecular flexibility index (Phi) is 3.62. The van der Waals surface area contributed by atoms with Crippen LogP contribution in [0.2, 0.25) is 0 Å². The van der Waals surface area contributed by atoms with Crippen molar-refractivity contribution < 1.29 is 19.1 Å². The van der Waals surface area contributed by atoms with E-state index in [1.54, 1.807) is 12.1 Å². The highest BCUT2D eigenvalue weighted by Gasteiger charge is 2.13. The molecule has 1 N–H and O–H groups in total. The number of ether oxygens (including phenoxy) is 1. The molecule has 0 radical (unpaired) electrons. The minimum absolute atomic E-state index is 0.0609. The molecule has 1 heterocycles. The summed E-state index contributed by atoms with van der Waals surface area (Å²) in [5.41, 5.74) is 1.50. The smallest absolute Gasteiger partial charge is 0.339 e. The van der Waals surface area contributed by atoms with E-state index in [2.05, 4.69) is 20.9 Å². The SMILES string of the molecule is O=C(O)c1ccc(Br)cc1OCc1nc2ccccc2o1. The van der Waals surface area contributed by atoms with Gasteiger partial charge < -0.3 is 14.3 Å². The molecular weight excluding hydrogens is 338 g/mol. The standard InChI is InChI=1S/C15H10BrNO4/c16-9-5-6-10(15(18)19)13(7-9)20-8-14-17-11-3-1-2-4-12(11)21-14/h1-7H,8H2,(H,18,19). The number of carboxylic acid groups (broad SMARTS) is 1. The Morgan fingerprint density at radius 2 is 2.10 bits per heavy atom. The van der Waals surface area contributed by atoms with E-state index in [0.29, 0.717) is 11.5 Å². The lowest BCUT2D eigenvalue weighted by Gasteiger charge is -2.07. The summed E-state index contributed by atoms with van der Waals surface area (Å²) in [5, 5.41) is 9.13. The average molecular weight is 348 g/mol. The van der Waals surface area contributed by atoms with Crippen molar-refractivity contribution in [3.05, 3.63) is 58.4 Å². The second-order valence-electron chi connectivity index (χ2n) is 4.31. The summed E-state index contributed by atoms with van der Waals surface area (Å²) in [6, 6.07) is 12.1. The minimum Gasteiger partial charge on any atom is -0.483 e. The molecular formula is C15H10BrNO4. The van der Waals surface area contributed by atoms with Gasteiger partial charge in [0, 0.05) is 4.47 Å². The van der Waals surface area contributed by atoms with Crippen molar-refractivity contribution in [2.24, 2.45) is 0 Å². The molecule has 0 saturated carbocycles. The molecule has 0 unspecified atom stereocenters. The van der Waals surface area contributed by atoms with Gasteiger partial charge in [-0.1, -0.05) is 28.1 Å². The van der Waals surface area contributed by atoms with Crippen LogP contribution in [0.15, 0.2) is 51.4 Å². The van der Waals surface area contributed by atoms with Crippen LogP contribution in [0, 0.1) is 0 Å². The number of fused-ring (bicyclic) bond motifs is 1. The van der Waals surface area contributed by atoms with E-state index in [9.17, 15) is 4.79 Å². The first-order chi connectivity index (χ1) is 10.1. The Hall–Kier alpha value is -2.34. The van der Waals surface area contributed by atoms with Crippen LogP contribution < -0.4 is 4.74 Å². The number of nitrogens with zero attached hydrogens (tertiary/aromatic N) is 1. The average Bonchev–Trinajstić information content (AvgIpc) is 2.87. The van der Waals surface area contributed by atoms with Crippen LogP contribution in [-0.2, 0) is 6.61 Å². The second-order valence-corrected chi connectivity index (χ2v) is 5.23. The third-order valence-electron chi connectivity index (χ3n) is 2.86. The third-order valence-corrected chi connectivity index (χ3v) is 3.36. The number of aromatic nitrogens is 1.